The van der Waals surface area contributed by atoms with Crippen molar-refractivity contribution in [3.8, 4) is 0 Å². The highest BCUT2D eigenvalue weighted by Gasteiger charge is 2.34. The second kappa shape index (κ2) is 6.52. The second-order valence-electron chi connectivity index (χ2n) is 7.19. The van der Waals surface area contributed by atoms with Gasteiger partial charge in [-0.1, -0.05) is 19.3 Å². The van der Waals surface area contributed by atoms with Crippen molar-refractivity contribution in [2.75, 3.05) is 24.5 Å². The maximum atomic E-state index is 13.2. The molecule has 7 heteroatoms. The molecule has 0 atom stereocenters. The molecule has 1 aromatic heterocycles. The molecule has 0 spiro atoms. The summed E-state index contributed by atoms with van der Waals surface area (Å²) in [6.07, 6.45) is 1.43. The number of carbonyl (C=O) groups excluding carboxylic acids is 1. The first-order valence-corrected chi connectivity index (χ1v) is 9.10. The van der Waals surface area contributed by atoms with Crippen LogP contribution in [0, 0.1) is 5.92 Å². The maximum Gasteiger partial charge on any atom is 0.416 e. The Bertz CT molecular complexity index is 822. The molecule has 1 amide bonds. The summed E-state index contributed by atoms with van der Waals surface area (Å²) in [7, 11) is 0. The largest absolute Gasteiger partial charge is 0.449 e. The number of halogens is 3. The fourth-order valence-corrected chi connectivity index (χ4v) is 4.09. The van der Waals surface area contributed by atoms with E-state index in [1.165, 1.54) is 25.3 Å². The molecule has 1 aliphatic heterocycles. The first kappa shape index (κ1) is 17.2. The van der Waals surface area contributed by atoms with Crippen LogP contribution >= 0.6 is 0 Å². The van der Waals surface area contributed by atoms with Crippen LogP contribution in [0.1, 0.15) is 48.2 Å². The van der Waals surface area contributed by atoms with Crippen molar-refractivity contribution < 1.29 is 22.4 Å². The number of nitrogens with zero attached hydrogens (tertiary/aromatic N) is 1. The number of benzene rings is 1. The van der Waals surface area contributed by atoms with E-state index in [9.17, 15) is 18.0 Å². The Kier molecular flexibility index (Phi) is 4.32. The number of hydrogen-bond donors (Lipinski definition) is 1. The number of carbonyl (C=O) groups is 1. The lowest BCUT2D eigenvalue weighted by atomic mass is 9.89. The van der Waals surface area contributed by atoms with Crippen molar-refractivity contribution >= 4 is 22.6 Å². The van der Waals surface area contributed by atoms with Gasteiger partial charge in [0.2, 0.25) is 5.76 Å². The molecule has 1 N–H and O–H groups in total. The smallest absolute Gasteiger partial charge is 0.416 e. The topological polar surface area (TPSA) is 45.5 Å². The Morgan fingerprint density at radius 1 is 1.19 bits per heavy atom. The molecule has 1 aromatic carbocycles. The summed E-state index contributed by atoms with van der Waals surface area (Å²) in [6, 6.07) is 3.40. The summed E-state index contributed by atoms with van der Waals surface area (Å²) in [5, 5.41) is 3.14. The number of furan rings is 1. The molecule has 1 aliphatic carbocycles. The number of fused-ring (bicyclic) bond motifs is 3. The Morgan fingerprint density at radius 3 is 2.69 bits per heavy atom. The highest BCUT2D eigenvalue weighted by atomic mass is 19.4. The van der Waals surface area contributed by atoms with E-state index in [4.69, 9.17) is 4.42 Å². The third kappa shape index (κ3) is 3.15. The van der Waals surface area contributed by atoms with Crippen LogP contribution < -0.4 is 10.2 Å². The molecular weight excluding hydrogens is 345 g/mol. The minimum absolute atomic E-state index is 0.118. The van der Waals surface area contributed by atoms with Gasteiger partial charge in [0, 0.05) is 25.0 Å². The summed E-state index contributed by atoms with van der Waals surface area (Å²) < 4.78 is 45.1. The molecule has 0 unspecified atom stereocenters. The molecule has 1 fully saturated rings. The monoisotopic (exact) mass is 366 g/mol. The molecule has 140 valence electrons. The number of nitrogens with one attached hydrogen (secondary N) is 1. The van der Waals surface area contributed by atoms with Gasteiger partial charge in [-0.15, -0.1) is 0 Å². The molecule has 2 aliphatic rings. The molecule has 1 saturated carbocycles. The average molecular weight is 366 g/mol. The van der Waals surface area contributed by atoms with Gasteiger partial charge >= 0.3 is 6.18 Å². The first-order valence-electron chi connectivity index (χ1n) is 9.10. The number of alkyl halides is 3. The van der Waals surface area contributed by atoms with E-state index < -0.39 is 11.7 Å². The van der Waals surface area contributed by atoms with Crippen molar-refractivity contribution in [3.63, 3.8) is 0 Å². The highest BCUT2D eigenvalue weighted by Crippen LogP contribution is 2.40. The van der Waals surface area contributed by atoms with Crippen LogP contribution in [0.5, 0.6) is 0 Å². The lowest BCUT2D eigenvalue weighted by molar-refractivity contribution is -0.137. The van der Waals surface area contributed by atoms with Crippen molar-refractivity contribution in [3.05, 3.63) is 29.5 Å². The van der Waals surface area contributed by atoms with Gasteiger partial charge < -0.3 is 14.6 Å². The van der Waals surface area contributed by atoms with E-state index in [0.717, 1.165) is 31.5 Å². The molecule has 0 bridgehead atoms. The van der Waals surface area contributed by atoms with Crippen molar-refractivity contribution in [2.24, 2.45) is 5.92 Å². The quantitative estimate of drug-likeness (QED) is 0.846. The van der Waals surface area contributed by atoms with E-state index in [1.807, 2.05) is 4.90 Å². The number of rotatable bonds is 2. The Morgan fingerprint density at radius 2 is 1.96 bits per heavy atom. The molecule has 26 heavy (non-hydrogen) atoms. The minimum atomic E-state index is -4.43. The molecule has 2 heterocycles. The van der Waals surface area contributed by atoms with Crippen molar-refractivity contribution in [1.29, 1.82) is 0 Å². The third-order valence-electron chi connectivity index (χ3n) is 5.38. The van der Waals surface area contributed by atoms with E-state index in [0.29, 0.717) is 35.7 Å². The average Bonchev–Trinajstić information content (AvgIpc) is 2.92. The van der Waals surface area contributed by atoms with E-state index in [2.05, 4.69) is 5.32 Å². The van der Waals surface area contributed by atoms with Crippen LogP contribution in [-0.2, 0) is 6.18 Å². The predicted molar refractivity (Wildman–Crippen MR) is 92.3 cm³/mol. The van der Waals surface area contributed by atoms with Crippen LogP contribution in [0.15, 0.2) is 22.6 Å². The zero-order chi connectivity index (χ0) is 18.3. The molecule has 2 aromatic rings. The summed E-state index contributed by atoms with van der Waals surface area (Å²) in [4.78, 5) is 14.4. The normalized spacial score (nSPS) is 19.3. The Hall–Kier alpha value is -2.18. The summed E-state index contributed by atoms with van der Waals surface area (Å²) in [5.41, 5.74) is 0.0937. The molecule has 4 rings (SSSR count). The van der Waals surface area contributed by atoms with Gasteiger partial charge in [-0.05, 0) is 37.0 Å². The SMILES string of the molecule is O=C1NCCN(CC2CCCCC2)c2c1oc1ccc(C(F)(F)F)cc21. The van der Waals surface area contributed by atoms with Gasteiger partial charge in [-0.25, -0.2) is 0 Å². The fourth-order valence-electron chi connectivity index (χ4n) is 4.09. The van der Waals surface area contributed by atoms with E-state index in [-0.39, 0.29) is 11.7 Å². The van der Waals surface area contributed by atoms with Gasteiger partial charge in [-0.2, -0.15) is 13.2 Å². The predicted octanol–water partition coefficient (Wildman–Crippen LogP) is 4.58. The lowest BCUT2D eigenvalue weighted by Crippen LogP contribution is -2.34. The van der Waals surface area contributed by atoms with Crippen LogP contribution in [0.3, 0.4) is 0 Å². The number of amides is 1. The Labute approximate surface area is 149 Å². The standard InChI is InChI=1S/C19H21F3N2O2/c20-19(21,22)13-6-7-15-14(10-13)16-17(26-15)18(25)23-8-9-24(16)11-12-4-2-1-3-5-12/h6-7,10,12H,1-5,8-9,11H2,(H,23,25). The van der Waals surface area contributed by atoms with Crippen LogP contribution in [0.2, 0.25) is 0 Å². The summed E-state index contributed by atoms with van der Waals surface area (Å²) in [6.45, 7) is 1.77. The van der Waals surface area contributed by atoms with E-state index >= 15 is 0 Å². The Balaban J connectivity index is 1.78. The molecule has 0 radical (unpaired) electrons. The maximum absolute atomic E-state index is 13.2. The molecule has 4 nitrogen and oxygen atoms in total. The zero-order valence-electron chi connectivity index (χ0n) is 14.4. The van der Waals surface area contributed by atoms with Crippen LogP contribution in [-0.4, -0.2) is 25.5 Å². The van der Waals surface area contributed by atoms with Crippen molar-refractivity contribution in [1.82, 2.24) is 5.32 Å². The lowest BCUT2D eigenvalue weighted by Gasteiger charge is -2.30. The van der Waals surface area contributed by atoms with Gasteiger partial charge in [0.1, 0.15) is 5.58 Å². The van der Waals surface area contributed by atoms with Crippen LogP contribution in [0.4, 0.5) is 18.9 Å². The van der Waals surface area contributed by atoms with E-state index in [1.54, 1.807) is 0 Å². The van der Waals surface area contributed by atoms with Crippen LogP contribution in [0.25, 0.3) is 11.0 Å². The molecule has 0 saturated heterocycles. The highest BCUT2D eigenvalue weighted by molar-refractivity contribution is 6.07. The summed E-state index contributed by atoms with van der Waals surface area (Å²) in [5.74, 6) is 0.254. The van der Waals surface area contributed by atoms with Gasteiger partial charge in [-0.3, -0.25) is 4.79 Å². The van der Waals surface area contributed by atoms with Gasteiger partial charge in [0.05, 0.1) is 11.3 Å². The zero-order valence-corrected chi connectivity index (χ0v) is 14.4. The number of anilines is 1. The van der Waals surface area contributed by atoms with Crippen molar-refractivity contribution in [2.45, 2.75) is 38.3 Å². The fraction of sp³-hybridized carbons (Fsp3) is 0.526. The number of hydrogen-bond acceptors (Lipinski definition) is 3. The molecular formula is C19H21F3N2O2. The van der Waals surface area contributed by atoms with Gasteiger partial charge in [0.25, 0.3) is 5.91 Å². The third-order valence-corrected chi connectivity index (χ3v) is 5.38. The summed E-state index contributed by atoms with van der Waals surface area (Å²) >= 11 is 0. The second-order valence-corrected chi connectivity index (χ2v) is 7.19. The minimum Gasteiger partial charge on any atom is -0.449 e. The van der Waals surface area contributed by atoms with Gasteiger partial charge in [0.15, 0.2) is 0 Å². The first-order chi connectivity index (χ1) is 12.4.